The predicted molar refractivity (Wildman–Crippen MR) is 145 cm³/mol. The maximum Gasteiger partial charge on any atom is 0.235 e. The smallest absolute Gasteiger partial charge is 0.235 e. The molecule has 1 amide bonds. The summed E-state index contributed by atoms with van der Waals surface area (Å²) in [6, 6.07) is 10.4. The molecule has 3 aromatic rings. The molecule has 0 saturated carbocycles. The molecule has 2 aromatic heterocycles. The Morgan fingerprint density at radius 3 is 2.72 bits per heavy atom. The Kier molecular flexibility index (Phi) is 8.37. The van der Waals surface area contributed by atoms with Crippen molar-refractivity contribution in [1.29, 1.82) is 5.26 Å². The lowest BCUT2D eigenvalue weighted by Crippen LogP contribution is -2.15. The number of carbonyl (C=O) groups excluding carboxylic acids is 1. The van der Waals surface area contributed by atoms with E-state index in [2.05, 4.69) is 54.5 Å². The highest BCUT2D eigenvalue weighted by molar-refractivity contribution is 7.99. The molecule has 0 bridgehead atoms. The second-order valence-electron chi connectivity index (χ2n) is 9.56. The van der Waals surface area contributed by atoms with Crippen LogP contribution in [0.15, 0.2) is 29.4 Å². The van der Waals surface area contributed by atoms with Crippen LogP contribution in [0.25, 0.3) is 0 Å². The van der Waals surface area contributed by atoms with Crippen LogP contribution in [0, 0.1) is 17.2 Å². The molecule has 0 radical (unpaired) electrons. The predicted octanol–water partition coefficient (Wildman–Crippen LogP) is 6.26. The third kappa shape index (κ3) is 5.76. The highest BCUT2D eigenvalue weighted by Crippen LogP contribution is 2.40. The number of thioether (sulfide) groups is 1. The van der Waals surface area contributed by atoms with E-state index in [-0.39, 0.29) is 17.8 Å². The van der Waals surface area contributed by atoms with Gasteiger partial charge >= 0.3 is 0 Å². The number of hydrogen-bond acceptors (Lipinski definition) is 7. The third-order valence-corrected chi connectivity index (χ3v) is 8.92. The van der Waals surface area contributed by atoms with Crippen molar-refractivity contribution in [3.05, 3.63) is 51.7 Å². The molecule has 1 aliphatic carbocycles. The second kappa shape index (κ2) is 11.5. The van der Waals surface area contributed by atoms with Crippen LogP contribution < -0.4 is 10.1 Å². The Hall–Kier alpha value is -2.83. The van der Waals surface area contributed by atoms with Crippen molar-refractivity contribution >= 4 is 34.0 Å². The number of thiophene rings is 1. The number of ether oxygens (including phenoxy) is 1. The minimum Gasteiger partial charge on any atom is -0.483 e. The molecule has 2 heterocycles. The lowest BCUT2D eigenvalue weighted by atomic mass is 9.86. The molecule has 2 atom stereocenters. The van der Waals surface area contributed by atoms with Crippen LogP contribution in [0.1, 0.15) is 80.0 Å². The van der Waals surface area contributed by atoms with Crippen molar-refractivity contribution in [3.8, 4) is 11.8 Å². The topological polar surface area (TPSA) is 92.8 Å². The Balaban J connectivity index is 1.36. The zero-order valence-corrected chi connectivity index (χ0v) is 23.1. The molecular weight excluding hydrogens is 490 g/mol. The van der Waals surface area contributed by atoms with E-state index in [0.717, 1.165) is 37.0 Å². The van der Waals surface area contributed by atoms with E-state index in [1.165, 1.54) is 22.2 Å². The van der Waals surface area contributed by atoms with E-state index in [1.807, 2.05) is 30.7 Å². The van der Waals surface area contributed by atoms with E-state index in [9.17, 15) is 10.1 Å². The van der Waals surface area contributed by atoms with E-state index >= 15 is 0 Å². The molecule has 1 aliphatic rings. The molecule has 4 rings (SSSR count). The number of nitrogens with zero attached hydrogens (tertiary/aromatic N) is 4. The molecule has 9 heteroatoms. The summed E-state index contributed by atoms with van der Waals surface area (Å²) in [6.45, 7) is 8.47. The average molecular weight is 524 g/mol. The second-order valence-corrected chi connectivity index (χ2v) is 11.6. The molecule has 0 spiro atoms. The van der Waals surface area contributed by atoms with Gasteiger partial charge in [0.15, 0.2) is 17.1 Å². The quantitative estimate of drug-likeness (QED) is 0.333. The highest BCUT2D eigenvalue weighted by Gasteiger charge is 2.26. The number of fused-ring (bicyclic) bond motifs is 1. The third-order valence-electron chi connectivity index (χ3n) is 6.73. The van der Waals surface area contributed by atoms with Gasteiger partial charge in [-0.2, -0.15) is 5.26 Å². The van der Waals surface area contributed by atoms with E-state index in [1.54, 1.807) is 11.3 Å². The molecule has 7 nitrogen and oxygen atoms in total. The molecule has 1 N–H and O–H groups in total. The summed E-state index contributed by atoms with van der Waals surface area (Å²) >= 11 is 2.88. The standard InChI is InChI=1S/C27H33N5O2S2/c1-6-18-7-12-21-22(14-28)26(36-23(21)13-18)29-24(33)15-35-27-31-30-25(32(27)5)17(4)34-20-10-8-19(9-11-20)16(2)3/h8-11,16-18H,6-7,12-13,15H2,1-5H3,(H,29,33). The van der Waals surface area contributed by atoms with Gasteiger partial charge in [0.2, 0.25) is 5.91 Å². The number of hydrogen-bond donors (Lipinski definition) is 1. The fraction of sp³-hybridized carbons (Fsp3) is 0.481. The molecule has 0 aliphatic heterocycles. The molecule has 1 aromatic carbocycles. The first-order valence-electron chi connectivity index (χ1n) is 12.4. The number of rotatable bonds is 9. The monoisotopic (exact) mass is 523 g/mol. The van der Waals surface area contributed by atoms with Gasteiger partial charge in [-0.05, 0) is 61.3 Å². The van der Waals surface area contributed by atoms with E-state index in [0.29, 0.717) is 33.4 Å². The van der Waals surface area contributed by atoms with Gasteiger partial charge in [0, 0.05) is 11.9 Å². The van der Waals surface area contributed by atoms with Crippen LogP contribution in [0.3, 0.4) is 0 Å². The first-order valence-corrected chi connectivity index (χ1v) is 14.2. The van der Waals surface area contributed by atoms with Gasteiger partial charge in [-0.3, -0.25) is 4.79 Å². The lowest BCUT2D eigenvalue weighted by Gasteiger charge is -2.20. The molecule has 0 saturated heterocycles. The Bertz CT molecular complexity index is 1260. The summed E-state index contributed by atoms with van der Waals surface area (Å²) in [5.41, 5.74) is 3.03. The fourth-order valence-electron chi connectivity index (χ4n) is 4.50. The summed E-state index contributed by atoms with van der Waals surface area (Å²) in [7, 11) is 1.88. The SMILES string of the molecule is CCC1CCc2c(sc(NC(=O)CSc3nnc(C(C)Oc4ccc(C(C)C)cc4)n3C)c2C#N)C1. The molecular formula is C27H33N5O2S2. The summed E-state index contributed by atoms with van der Waals surface area (Å²) in [5, 5.41) is 22.6. The minimum absolute atomic E-state index is 0.152. The average Bonchev–Trinajstić information content (AvgIpc) is 3.41. The first kappa shape index (κ1) is 26.2. The van der Waals surface area contributed by atoms with Crippen molar-refractivity contribution in [2.75, 3.05) is 11.1 Å². The van der Waals surface area contributed by atoms with Gasteiger partial charge in [-0.1, -0.05) is 51.1 Å². The van der Waals surface area contributed by atoms with Crippen LogP contribution in [-0.2, 0) is 24.7 Å². The summed E-state index contributed by atoms with van der Waals surface area (Å²) in [5.74, 6) is 2.63. The van der Waals surface area contributed by atoms with Crippen LogP contribution in [0.2, 0.25) is 0 Å². The number of benzene rings is 1. The molecule has 190 valence electrons. The number of aromatic nitrogens is 3. The van der Waals surface area contributed by atoms with Crippen molar-refractivity contribution in [2.45, 2.75) is 70.6 Å². The normalized spacial score (nSPS) is 15.9. The van der Waals surface area contributed by atoms with Gasteiger partial charge in [-0.15, -0.1) is 21.5 Å². The van der Waals surface area contributed by atoms with Crippen molar-refractivity contribution in [1.82, 2.24) is 14.8 Å². The van der Waals surface area contributed by atoms with E-state index in [4.69, 9.17) is 4.74 Å². The summed E-state index contributed by atoms with van der Waals surface area (Å²) in [6.07, 6.45) is 3.88. The van der Waals surface area contributed by atoms with E-state index < -0.39 is 0 Å². The zero-order valence-electron chi connectivity index (χ0n) is 21.5. The number of amides is 1. The Morgan fingerprint density at radius 2 is 2.06 bits per heavy atom. The number of carbonyl (C=O) groups is 1. The summed E-state index contributed by atoms with van der Waals surface area (Å²) < 4.78 is 7.94. The number of nitriles is 1. The number of anilines is 1. The Morgan fingerprint density at radius 1 is 1.31 bits per heavy atom. The number of nitrogens with one attached hydrogen (secondary N) is 1. The van der Waals surface area contributed by atoms with Crippen molar-refractivity contribution < 1.29 is 9.53 Å². The van der Waals surface area contributed by atoms with Crippen LogP contribution in [-0.4, -0.2) is 26.4 Å². The maximum absolute atomic E-state index is 12.7. The van der Waals surface area contributed by atoms with Crippen LogP contribution in [0.4, 0.5) is 5.00 Å². The van der Waals surface area contributed by atoms with Gasteiger partial charge in [0.25, 0.3) is 0 Å². The fourth-order valence-corrected chi connectivity index (χ4v) is 6.54. The molecule has 0 fully saturated rings. The van der Waals surface area contributed by atoms with Crippen molar-refractivity contribution in [2.24, 2.45) is 13.0 Å². The Labute approximate surface area is 221 Å². The maximum atomic E-state index is 12.7. The van der Waals surface area contributed by atoms with Crippen LogP contribution >= 0.6 is 23.1 Å². The summed E-state index contributed by atoms with van der Waals surface area (Å²) in [4.78, 5) is 14.0. The molecule has 36 heavy (non-hydrogen) atoms. The highest BCUT2D eigenvalue weighted by atomic mass is 32.2. The largest absolute Gasteiger partial charge is 0.483 e. The van der Waals surface area contributed by atoms with Gasteiger partial charge < -0.3 is 14.6 Å². The minimum atomic E-state index is -0.293. The van der Waals surface area contributed by atoms with Gasteiger partial charge in [0.1, 0.15) is 16.8 Å². The van der Waals surface area contributed by atoms with Crippen LogP contribution in [0.5, 0.6) is 5.75 Å². The lowest BCUT2D eigenvalue weighted by molar-refractivity contribution is -0.113. The van der Waals surface area contributed by atoms with Crippen molar-refractivity contribution in [3.63, 3.8) is 0 Å². The molecule has 2 unspecified atom stereocenters. The van der Waals surface area contributed by atoms with Gasteiger partial charge in [0.05, 0.1) is 11.3 Å². The first-order chi connectivity index (χ1) is 17.3. The zero-order chi connectivity index (χ0) is 25.8. The van der Waals surface area contributed by atoms with Gasteiger partial charge in [-0.25, -0.2) is 0 Å².